The Kier molecular flexibility index (Phi) is 10.7. The third-order valence-electron chi connectivity index (χ3n) is 1.28. The zero-order valence-electron chi connectivity index (χ0n) is 7.56. The number of Topliss-reactive ketones (excluding diaryl/α,β-unsaturated/α-hetero) is 2. The van der Waals surface area contributed by atoms with Crippen molar-refractivity contribution in [1.82, 2.24) is 5.32 Å². The van der Waals surface area contributed by atoms with E-state index < -0.39 is 17.7 Å². The van der Waals surface area contributed by atoms with Gasteiger partial charge in [0.1, 0.15) is 0 Å². The number of carbonyl (C=O) groups is 3. The number of nitrogens with one attached hydrogen (secondary N) is 1. The van der Waals surface area contributed by atoms with Crippen LogP contribution >= 0.6 is 37.2 Å². The zero-order chi connectivity index (χ0) is 11.0. The van der Waals surface area contributed by atoms with Crippen LogP contribution in [-0.4, -0.2) is 23.5 Å². The van der Waals surface area contributed by atoms with Crippen LogP contribution in [-0.2, 0) is 14.4 Å². The van der Waals surface area contributed by atoms with Crippen LogP contribution in [0.25, 0.3) is 0 Å². The van der Waals surface area contributed by atoms with Crippen LogP contribution in [0.5, 0.6) is 0 Å². The molecule has 0 rings (SSSR count). The molecular weight excluding hydrogens is 400 g/mol. The van der Waals surface area contributed by atoms with Crippen molar-refractivity contribution in [2.45, 2.75) is 26.8 Å². The molecule has 0 radical (unpaired) electrons. The van der Waals surface area contributed by atoms with Gasteiger partial charge in [0, 0.05) is 44.2 Å². The Morgan fingerprint density at radius 1 is 1.15 bits per heavy atom. The second-order valence-corrected chi connectivity index (χ2v) is 2.36. The van der Waals surface area contributed by atoms with Gasteiger partial charge in [-0.15, -0.1) is 0 Å². The first-order valence-corrected chi connectivity index (χ1v) is 9.70. The highest BCUT2D eigenvalue weighted by atomic mass is 128. The molecule has 13 heavy (non-hydrogen) atoms. The lowest BCUT2D eigenvalue weighted by Gasteiger charge is -2.07. The molecule has 1 atom stereocenters. The van der Waals surface area contributed by atoms with Gasteiger partial charge in [0.2, 0.25) is 5.78 Å². The summed E-state index contributed by atoms with van der Waals surface area (Å²) in [5, 5.41) is 2.24. The van der Waals surface area contributed by atoms with E-state index in [1.54, 1.807) is 0 Å². The van der Waals surface area contributed by atoms with Gasteiger partial charge in [-0.1, -0.05) is 0 Å². The van der Waals surface area contributed by atoms with Crippen molar-refractivity contribution in [3.8, 4) is 0 Å². The smallest absolute Gasteiger partial charge is 0.287 e. The number of halogens is 2. The van der Waals surface area contributed by atoms with E-state index in [0.29, 0.717) is 0 Å². The Morgan fingerprint density at radius 2 is 1.54 bits per heavy atom. The summed E-state index contributed by atoms with van der Waals surface area (Å²) < 4.78 is 0. The Balaban J connectivity index is 0. The van der Waals surface area contributed by atoms with Gasteiger partial charge in [0.15, 0.2) is 5.78 Å². The van der Waals surface area contributed by atoms with Gasteiger partial charge in [-0.2, -0.15) is 0 Å². The van der Waals surface area contributed by atoms with Gasteiger partial charge < -0.3 is 5.32 Å². The van der Waals surface area contributed by atoms with Gasteiger partial charge >= 0.3 is 0 Å². The van der Waals surface area contributed by atoms with Crippen molar-refractivity contribution in [1.29, 1.82) is 0 Å². The molecule has 0 spiro atoms. The molecular formula is C7H11I2NO3. The molecule has 4 nitrogen and oxygen atoms in total. The Bertz CT molecular complexity index is 206. The maximum absolute atomic E-state index is 10.6. The van der Waals surface area contributed by atoms with E-state index in [4.69, 9.17) is 0 Å². The monoisotopic (exact) mass is 411 g/mol. The topological polar surface area (TPSA) is 63.2 Å². The second-order valence-electron chi connectivity index (χ2n) is 2.36. The Hall–Kier alpha value is 0.270. The van der Waals surface area contributed by atoms with E-state index in [1.807, 2.05) is 0 Å². The van der Waals surface area contributed by atoms with Crippen molar-refractivity contribution in [2.24, 2.45) is 0 Å². The Labute approximate surface area is 101 Å². The molecule has 0 aromatic rings. The van der Waals surface area contributed by atoms with E-state index in [9.17, 15) is 14.4 Å². The van der Waals surface area contributed by atoms with E-state index >= 15 is 0 Å². The van der Waals surface area contributed by atoms with E-state index in [2.05, 4.69) is 42.5 Å². The average molecular weight is 411 g/mol. The summed E-state index contributed by atoms with van der Waals surface area (Å²) in [6, 6.07) is -0.577. The molecule has 0 saturated carbocycles. The highest BCUT2D eigenvalue weighted by molar-refractivity contribution is 15.0. The summed E-state index contributed by atoms with van der Waals surface area (Å²) in [4.78, 5) is 31.6. The lowest BCUT2D eigenvalue weighted by molar-refractivity contribution is -0.137. The van der Waals surface area contributed by atoms with E-state index in [1.165, 1.54) is 13.8 Å². The molecule has 0 fully saturated rings. The molecule has 0 aliphatic carbocycles. The summed E-state index contributed by atoms with van der Waals surface area (Å²) >= 11 is 4.24. The number of carbonyl (C=O) groups excluding carboxylic acids is 3. The van der Waals surface area contributed by atoms with Crippen LogP contribution in [0.15, 0.2) is 0 Å². The molecule has 0 aromatic carbocycles. The maximum atomic E-state index is 10.6. The molecule has 0 aromatic heterocycles. The van der Waals surface area contributed by atoms with Crippen molar-refractivity contribution >= 4 is 54.7 Å². The number of hydrogen-bond acceptors (Lipinski definition) is 3. The van der Waals surface area contributed by atoms with Gasteiger partial charge in [-0.05, 0) is 13.8 Å². The minimum atomic E-state index is -0.715. The third kappa shape index (κ3) is 8.60. The summed E-state index contributed by atoms with van der Waals surface area (Å²) in [5.74, 6) is -1.47. The molecule has 0 saturated heterocycles. The highest BCUT2D eigenvalue weighted by Crippen LogP contribution is 1.89. The van der Waals surface area contributed by atoms with Crippen LogP contribution in [0.2, 0.25) is 0 Å². The first-order valence-electron chi connectivity index (χ1n) is 3.41. The standard InChI is InChI=1S/C7H11NO3.I2/c1-4(5(2)9)8-7(11)6(3)10;1-2/h4H,1-3H3,(H,8,11);/t4-;/m0./s1. The molecule has 0 unspecified atom stereocenters. The van der Waals surface area contributed by atoms with Crippen LogP contribution in [0.1, 0.15) is 20.8 Å². The number of rotatable bonds is 3. The molecule has 6 heteroatoms. The number of ketones is 2. The van der Waals surface area contributed by atoms with Gasteiger partial charge in [0.05, 0.1) is 6.04 Å². The first kappa shape index (κ1) is 15.7. The predicted molar refractivity (Wildman–Crippen MR) is 67.0 cm³/mol. The van der Waals surface area contributed by atoms with Crippen LogP contribution in [0.3, 0.4) is 0 Å². The summed E-state index contributed by atoms with van der Waals surface area (Å²) in [6.07, 6.45) is 0. The average Bonchev–Trinajstić information content (AvgIpc) is 2.07. The largest absolute Gasteiger partial charge is 0.340 e. The Morgan fingerprint density at radius 3 is 1.77 bits per heavy atom. The van der Waals surface area contributed by atoms with Crippen LogP contribution < -0.4 is 5.32 Å². The van der Waals surface area contributed by atoms with Gasteiger partial charge in [0.25, 0.3) is 5.91 Å². The highest BCUT2D eigenvalue weighted by Gasteiger charge is 2.13. The third-order valence-corrected chi connectivity index (χ3v) is 1.28. The summed E-state index contributed by atoms with van der Waals surface area (Å²) in [6.45, 7) is 4.04. The maximum Gasteiger partial charge on any atom is 0.287 e. The van der Waals surface area contributed by atoms with Crippen molar-refractivity contribution in [3.05, 3.63) is 0 Å². The summed E-state index contributed by atoms with van der Waals surface area (Å²) in [5.41, 5.74) is 0. The SMILES string of the molecule is CC(=O)C(=O)N[C@@H](C)C(C)=O.II. The second kappa shape index (κ2) is 8.85. The zero-order valence-corrected chi connectivity index (χ0v) is 11.9. The van der Waals surface area contributed by atoms with Gasteiger partial charge in [-0.3, -0.25) is 14.4 Å². The summed E-state index contributed by atoms with van der Waals surface area (Å²) in [7, 11) is 0. The number of amides is 1. The fourth-order valence-corrected chi connectivity index (χ4v) is 0.400. The molecule has 0 aliphatic rings. The fourth-order valence-electron chi connectivity index (χ4n) is 0.400. The predicted octanol–water partition coefficient (Wildman–Crippen LogP) is 1.44. The number of hydrogen-bond donors (Lipinski definition) is 1. The van der Waals surface area contributed by atoms with Crippen molar-refractivity contribution < 1.29 is 14.4 Å². The van der Waals surface area contributed by atoms with Crippen LogP contribution in [0, 0.1) is 0 Å². The van der Waals surface area contributed by atoms with Gasteiger partial charge in [-0.25, -0.2) is 0 Å². The minimum Gasteiger partial charge on any atom is -0.340 e. The molecule has 0 aliphatic heterocycles. The molecule has 0 heterocycles. The van der Waals surface area contributed by atoms with E-state index in [0.717, 1.165) is 6.92 Å². The van der Waals surface area contributed by atoms with Crippen molar-refractivity contribution in [3.63, 3.8) is 0 Å². The normalized spacial score (nSPS) is 10.5. The van der Waals surface area contributed by atoms with Crippen LogP contribution in [0.4, 0.5) is 0 Å². The molecule has 76 valence electrons. The lowest BCUT2D eigenvalue weighted by Crippen LogP contribution is -2.40. The van der Waals surface area contributed by atoms with E-state index in [-0.39, 0.29) is 5.78 Å². The quantitative estimate of drug-likeness (QED) is 0.565. The molecule has 1 amide bonds. The first-order chi connectivity index (χ1) is 5.95. The minimum absolute atomic E-state index is 0.167. The fraction of sp³-hybridized carbons (Fsp3) is 0.571. The molecule has 1 N–H and O–H groups in total. The lowest BCUT2D eigenvalue weighted by atomic mass is 10.2. The van der Waals surface area contributed by atoms with Crippen molar-refractivity contribution in [2.75, 3.05) is 0 Å². The molecule has 0 bridgehead atoms.